The molecule has 3 rings (SSSR count). The molecule has 1 aliphatic rings. The molecule has 0 saturated heterocycles. The topological polar surface area (TPSA) is 36.1 Å². The number of aromatic nitrogens is 1. The van der Waals surface area contributed by atoms with E-state index in [1.54, 1.807) is 6.92 Å². The molecule has 2 aromatic rings. The summed E-state index contributed by atoms with van der Waals surface area (Å²) in [5, 5.41) is 1.28. The number of carbonyl (C=O) groups is 1. The number of hydrogen-bond donors (Lipinski definition) is 1. The number of nitrogens with one attached hydrogen (secondary N) is 1. The predicted octanol–water partition coefficient (Wildman–Crippen LogP) is 3.11. The Labute approximate surface area is 112 Å². The van der Waals surface area contributed by atoms with E-state index in [4.69, 9.17) is 0 Å². The van der Waals surface area contributed by atoms with Crippen molar-refractivity contribution in [3.05, 3.63) is 41.6 Å². The largest absolute Gasteiger partial charge is 0.360 e. The maximum Gasteiger partial charge on any atom is 0.219 e. The fourth-order valence-corrected chi connectivity index (χ4v) is 2.77. The van der Waals surface area contributed by atoms with Crippen LogP contribution in [0.4, 0.5) is 0 Å². The monoisotopic (exact) mass is 254 g/mol. The molecule has 1 N–H and O–H groups in total. The Morgan fingerprint density at radius 1 is 1.37 bits per heavy atom. The summed E-state index contributed by atoms with van der Waals surface area (Å²) in [5.74, 6) is 0.157. The van der Waals surface area contributed by atoms with Crippen LogP contribution in [0.5, 0.6) is 0 Å². The lowest BCUT2D eigenvalue weighted by atomic mass is 9.98. The Bertz CT molecular complexity index is 666. The molecular weight excluding hydrogens is 236 g/mol. The first kappa shape index (κ1) is 12.0. The van der Waals surface area contributed by atoms with E-state index in [0.717, 1.165) is 19.5 Å². The molecule has 1 amide bonds. The van der Waals surface area contributed by atoms with Gasteiger partial charge in [-0.3, -0.25) is 4.79 Å². The van der Waals surface area contributed by atoms with Gasteiger partial charge in [0.1, 0.15) is 0 Å². The van der Waals surface area contributed by atoms with Gasteiger partial charge in [0.05, 0.1) is 0 Å². The molecular formula is C16H18N2O. The second-order valence-corrected chi connectivity index (χ2v) is 5.14. The second kappa shape index (κ2) is 4.57. The molecule has 0 saturated carbocycles. The van der Waals surface area contributed by atoms with Crippen molar-refractivity contribution in [2.75, 3.05) is 13.1 Å². The molecule has 3 nitrogen and oxygen atoms in total. The third-order valence-electron chi connectivity index (χ3n) is 3.92. The van der Waals surface area contributed by atoms with Crippen LogP contribution in [0.1, 0.15) is 24.5 Å². The zero-order chi connectivity index (χ0) is 13.4. The number of benzene rings is 1. The first-order valence-electron chi connectivity index (χ1n) is 6.68. The fourth-order valence-electron chi connectivity index (χ4n) is 2.77. The Morgan fingerprint density at radius 3 is 2.89 bits per heavy atom. The van der Waals surface area contributed by atoms with Gasteiger partial charge in [0.15, 0.2) is 0 Å². The third-order valence-corrected chi connectivity index (χ3v) is 3.92. The number of rotatable bonds is 1. The average molecular weight is 254 g/mol. The van der Waals surface area contributed by atoms with E-state index in [9.17, 15) is 4.79 Å². The van der Waals surface area contributed by atoms with Crippen molar-refractivity contribution in [2.45, 2.75) is 20.3 Å². The molecule has 1 aromatic carbocycles. The number of hydrogen-bond acceptors (Lipinski definition) is 1. The number of para-hydroxylation sites is 1. The van der Waals surface area contributed by atoms with Crippen LogP contribution in [0.3, 0.4) is 0 Å². The summed E-state index contributed by atoms with van der Waals surface area (Å²) in [5.41, 5.74) is 5.11. The summed E-state index contributed by atoms with van der Waals surface area (Å²) in [6, 6.07) is 6.38. The molecule has 19 heavy (non-hydrogen) atoms. The predicted molar refractivity (Wildman–Crippen MR) is 77.9 cm³/mol. The van der Waals surface area contributed by atoms with Gasteiger partial charge in [0.2, 0.25) is 5.91 Å². The lowest BCUT2D eigenvalue weighted by Gasteiger charge is -2.25. The van der Waals surface area contributed by atoms with Gasteiger partial charge in [-0.15, -0.1) is 0 Å². The van der Waals surface area contributed by atoms with Crippen molar-refractivity contribution in [3.8, 4) is 0 Å². The minimum absolute atomic E-state index is 0.157. The molecule has 0 atom stereocenters. The smallest absolute Gasteiger partial charge is 0.219 e. The Balaban J connectivity index is 1.98. The number of carbonyl (C=O) groups excluding carboxylic acids is 1. The van der Waals surface area contributed by atoms with E-state index in [1.807, 2.05) is 4.90 Å². The summed E-state index contributed by atoms with van der Waals surface area (Å²) in [4.78, 5) is 16.6. The lowest BCUT2D eigenvalue weighted by molar-refractivity contribution is -0.128. The van der Waals surface area contributed by atoms with Crippen LogP contribution in [-0.2, 0) is 4.79 Å². The molecule has 2 heterocycles. The van der Waals surface area contributed by atoms with Crippen LogP contribution < -0.4 is 0 Å². The van der Waals surface area contributed by atoms with Crippen molar-refractivity contribution < 1.29 is 4.79 Å². The van der Waals surface area contributed by atoms with Gasteiger partial charge in [-0.2, -0.15) is 0 Å². The van der Waals surface area contributed by atoms with Crippen LogP contribution >= 0.6 is 0 Å². The maximum absolute atomic E-state index is 11.3. The highest BCUT2D eigenvalue weighted by Gasteiger charge is 2.17. The first-order chi connectivity index (χ1) is 9.16. The molecule has 0 unspecified atom stereocenters. The van der Waals surface area contributed by atoms with Gasteiger partial charge >= 0.3 is 0 Å². The van der Waals surface area contributed by atoms with Crippen LogP contribution in [0, 0.1) is 6.92 Å². The highest BCUT2D eigenvalue weighted by molar-refractivity contribution is 5.94. The highest BCUT2D eigenvalue weighted by atomic mass is 16.2. The molecule has 3 heteroatoms. The molecule has 1 aromatic heterocycles. The molecule has 0 aliphatic carbocycles. The lowest BCUT2D eigenvalue weighted by Crippen LogP contribution is -2.32. The minimum atomic E-state index is 0.157. The van der Waals surface area contributed by atoms with Crippen molar-refractivity contribution in [1.29, 1.82) is 0 Å². The molecule has 1 aliphatic heterocycles. The Kier molecular flexibility index (Phi) is 2.90. The third kappa shape index (κ3) is 2.05. The molecule has 0 spiro atoms. The summed E-state index contributed by atoms with van der Waals surface area (Å²) in [6.07, 6.45) is 5.20. The van der Waals surface area contributed by atoms with E-state index in [2.05, 4.69) is 42.4 Å². The van der Waals surface area contributed by atoms with E-state index in [0.29, 0.717) is 0 Å². The van der Waals surface area contributed by atoms with Crippen LogP contribution in [0.2, 0.25) is 0 Å². The zero-order valence-corrected chi connectivity index (χ0v) is 11.4. The highest BCUT2D eigenvalue weighted by Crippen LogP contribution is 2.30. The number of H-pyrrole nitrogens is 1. The summed E-state index contributed by atoms with van der Waals surface area (Å²) in [7, 11) is 0. The zero-order valence-electron chi connectivity index (χ0n) is 11.4. The van der Waals surface area contributed by atoms with Crippen molar-refractivity contribution in [2.24, 2.45) is 0 Å². The Morgan fingerprint density at radius 2 is 2.21 bits per heavy atom. The first-order valence-corrected chi connectivity index (χ1v) is 6.68. The van der Waals surface area contributed by atoms with Crippen molar-refractivity contribution in [1.82, 2.24) is 9.88 Å². The summed E-state index contributed by atoms with van der Waals surface area (Å²) in [6.45, 7) is 5.30. The van der Waals surface area contributed by atoms with Gasteiger partial charge in [0.25, 0.3) is 0 Å². The van der Waals surface area contributed by atoms with Crippen molar-refractivity contribution in [3.63, 3.8) is 0 Å². The van der Waals surface area contributed by atoms with Crippen LogP contribution in [-0.4, -0.2) is 28.9 Å². The van der Waals surface area contributed by atoms with Gasteiger partial charge < -0.3 is 9.88 Å². The molecule has 0 bridgehead atoms. The number of amides is 1. The van der Waals surface area contributed by atoms with Gasteiger partial charge in [-0.1, -0.05) is 24.3 Å². The normalized spacial score (nSPS) is 15.7. The Hall–Kier alpha value is -2.03. The van der Waals surface area contributed by atoms with Gasteiger partial charge in [0, 0.05) is 42.7 Å². The number of aromatic amines is 1. The van der Waals surface area contributed by atoms with E-state index >= 15 is 0 Å². The van der Waals surface area contributed by atoms with Crippen LogP contribution in [0.15, 0.2) is 30.5 Å². The van der Waals surface area contributed by atoms with E-state index in [-0.39, 0.29) is 5.91 Å². The van der Waals surface area contributed by atoms with E-state index in [1.165, 1.54) is 27.6 Å². The second-order valence-electron chi connectivity index (χ2n) is 5.14. The SMILES string of the molecule is CC(=O)N1CC=C(c2c[nH]c3c(C)cccc23)CC1. The molecule has 98 valence electrons. The quantitative estimate of drug-likeness (QED) is 0.834. The maximum atomic E-state index is 11.3. The van der Waals surface area contributed by atoms with E-state index < -0.39 is 0 Å². The van der Waals surface area contributed by atoms with Gasteiger partial charge in [-0.05, 0) is 24.5 Å². The summed E-state index contributed by atoms with van der Waals surface area (Å²) >= 11 is 0. The van der Waals surface area contributed by atoms with Gasteiger partial charge in [-0.25, -0.2) is 0 Å². The number of fused-ring (bicyclic) bond motifs is 1. The molecule has 0 fully saturated rings. The standard InChI is InChI=1S/C16H18N2O/c1-11-4-3-5-14-15(10-17-16(11)14)13-6-8-18(9-7-13)12(2)19/h3-6,10,17H,7-9H2,1-2H3. The fraction of sp³-hybridized carbons (Fsp3) is 0.312. The number of aryl methyl sites for hydroxylation is 1. The van der Waals surface area contributed by atoms with Crippen LogP contribution in [0.25, 0.3) is 16.5 Å². The average Bonchev–Trinajstić information content (AvgIpc) is 2.84. The summed E-state index contributed by atoms with van der Waals surface area (Å²) < 4.78 is 0. The molecule has 0 radical (unpaired) electrons. The number of nitrogens with zero attached hydrogens (tertiary/aromatic N) is 1. The minimum Gasteiger partial charge on any atom is -0.360 e. The van der Waals surface area contributed by atoms with Crippen molar-refractivity contribution >= 4 is 22.4 Å².